The van der Waals surface area contributed by atoms with Crippen molar-refractivity contribution in [3.05, 3.63) is 29.8 Å². The number of aliphatic hydroxyl groups is 2. The molecule has 6 fully saturated rings. The normalized spacial score (nSPS) is 44.4. The molecule has 50 heavy (non-hydrogen) atoms. The van der Waals surface area contributed by atoms with Gasteiger partial charge in [-0.15, -0.1) is 0 Å². The Hall–Kier alpha value is -2.65. The number of amides is 2. The van der Waals surface area contributed by atoms with Crippen molar-refractivity contribution >= 4 is 23.5 Å². The molecule has 1 spiro atoms. The van der Waals surface area contributed by atoms with Gasteiger partial charge in [0, 0.05) is 82.3 Å². The molecule has 276 valence electrons. The van der Waals surface area contributed by atoms with Crippen molar-refractivity contribution in [3.8, 4) is 0 Å². The molecule has 1 aromatic carbocycles. The molecule has 13 nitrogen and oxygen atoms in total. The third-order valence-corrected chi connectivity index (χ3v) is 14.2. The lowest BCUT2D eigenvalue weighted by atomic mass is 9.42. The lowest BCUT2D eigenvalue weighted by Gasteiger charge is -2.70. The molecule has 7 rings (SSSR count). The molecule has 6 aliphatic rings. The monoisotopic (exact) mass is 699 g/mol. The van der Waals surface area contributed by atoms with E-state index in [-0.39, 0.29) is 72.7 Å². The maximum Gasteiger partial charge on any atom is 0.340 e. The van der Waals surface area contributed by atoms with Crippen molar-refractivity contribution in [2.24, 2.45) is 46.2 Å². The summed E-state index contributed by atoms with van der Waals surface area (Å²) in [6.45, 7) is 4.82. The molecule has 0 radical (unpaired) electrons. The van der Waals surface area contributed by atoms with Crippen LogP contribution in [0.1, 0.15) is 56.3 Å². The first-order valence-corrected chi connectivity index (χ1v) is 18.0. The Kier molecular flexibility index (Phi) is 8.93. The zero-order chi connectivity index (χ0) is 36.0. The minimum Gasteiger partial charge on any atom is -0.461 e. The second-order valence-corrected chi connectivity index (χ2v) is 15.9. The lowest BCUT2D eigenvalue weighted by Crippen LogP contribution is -2.82. The van der Waals surface area contributed by atoms with Crippen LogP contribution in [-0.2, 0) is 33.3 Å². The second kappa shape index (κ2) is 12.5. The predicted molar refractivity (Wildman–Crippen MR) is 180 cm³/mol. The third-order valence-electron chi connectivity index (χ3n) is 14.2. The van der Waals surface area contributed by atoms with Gasteiger partial charge in [0.25, 0.3) is 0 Å². The molecule has 2 amide bonds. The van der Waals surface area contributed by atoms with E-state index in [0.29, 0.717) is 25.9 Å². The predicted octanol–water partition coefficient (Wildman–Crippen LogP) is 1.59. The molecule has 13 heteroatoms. The first-order valence-electron chi connectivity index (χ1n) is 18.0. The van der Waals surface area contributed by atoms with E-state index >= 15 is 0 Å². The Balaban J connectivity index is 1.28. The van der Waals surface area contributed by atoms with Gasteiger partial charge >= 0.3 is 5.97 Å². The van der Waals surface area contributed by atoms with Gasteiger partial charge in [0.1, 0.15) is 11.2 Å². The average molecular weight is 700 g/mol. The Morgan fingerprint density at radius 1 is 1.08 bits per heavy atom. The Morgan fingerprint density at radius 2 is 1.82 bits per heavy atom. The number of methoxy groups -OCH3 is 4. The number of carbonyl (C=O) groups excluding carboxylic acids is 3. The number of primary amides is 1. The summed E-state index contributed by atoms with van der Waals surface area (Å²) < 4.78 is 31.3. The zero-order valence-corrected chi connectivity index (χ0v) is 29.9. The van der Waals surface area contributed by atoms with Crippen LogP contribution in [0.5, 0.6) is 0 Å². The minimum atomic E-state index is -1.70. The second-order valence-electron chi connectivity index (χ2n) is 15.9. The van der Waals surface area contributed by atoms with Gasteiger partial charge in [-0.05, 0) is 43.9 Å². The smallest absolute Gasteiger partial charge is 0.340 e. The number of fused-ring (bicyclic) bond motifs is 2. The van der Waals surface area contributed by atoms with Gasteiger partial charge < -0.3 is 44.9 Å². The summed E-state index contributed by atoms with van der Waals surface area (Å²) in [6.07, 6.45) is 0.591. The molecule has 1 aromatic rings. The number of nitrogens with two attached hydrogens (primary N) is 1. The van der Waals surface area contributed by atoms with Crippen LogP contribution in [-0.4, -0.2) is 123 Å². The van der Waals surface area contributed by atoms with Gasteiger partial charge in [-0.3, -0.25) is 14.5 Å². The maximum atomic E-state index is 13.9. The van der Waals surface area contributed by atoms with Crippen LogP contribution in [0.25, 0.3) is 0 Å². The molecule has 5 saturated carbocycles. The van der Waals surface area contributed by atoms with E-state index in [1.807, 2.05) is 0 Å². The third kappa shape index (κ3) is 4.46. The van der Waals surface area contributed by atoms with E-state index in [9.17, 15) is 24.6 Å². The molecule has 14 atom stereocenters. The van der Waals surface area contributed by atoms with E-state index in [1.54, 1.807) is 59.6 Å². The van der Waals surface area contributed by atoms with E-state index in [0.717, 1.165) is 6.42 Å². The Bertz CT molecular complexity index is 1530. The zero-order valence-electron chi connectivity index (χ0n) is 29.9. The quantitative estimate of drug-likeness (QED) is 0.233. The molecule has 7 bridgehead atoms. The molecule has 5 N–H and O–H groups in total. The Morgan fingerprint density at radius 3 is 2.46 bits per heavy atom. The first-order chi connectivity index (χ1) is 23.8. The summed E-state index contributed by atoms with van der Waals surface area (Å²) in [5.74, 6) is -3.01. The highest BCUT2D eigenvalue weighted by molar-refractivity contribution is 6.02. The number of para-hydroxylation sites is 1. The number of likely N-dealkylation sites (tertiary alicyclic amines) is 1. The van der Waals surface area contributed by atoms with Gasteiger partial charge in [-0.1, -0.05) is 26.0 Å². The van der Waals surface area contributed by atoms with E-state index in [2.05, 4.69) is 17.1 Å². The summed E-state index contributed by atoms with van der Waals surface area (Å²) in [6, 6.07) is 6.16. The fourth-order valence-corrected chi connectivity index (χ4v) is 12.6. The minimum absolute atomic E-state index is 0.0405. The number of esters is 1. The number of piperidine rings is 1. The van der Waals surface area contributed by atoms with E-state index in [4.69, 9.17) is 29.4 Å². The number of nitrogens with zero attached hydrogens (tertiary/aromatic N) is 1. The van der Waals surface area contributed by atoms with E-state index in [1.165, 1.54) is 0 Å². The summed E-state index contributed by atoms with van der Waals surface area (Å²) in [5.41, 5.74) is 1.27. The van der Waals surface area contributed by atoms with Crippen molar-refractivity contribution < 1.29 is 48.3 Å². The van der Waals surface area contributed by atoms with Gasteiger partial charge in [0.05, 0.1) is 48.3 Å². The largest absolute Gasteiger partial charge is 0.461 e. The highest BCUT2D eigenvalue weighted by atomic mass is 16.5. The maximum absolute atomic E-state index is 13.9. The van der Waals surface area contributed by atoms with Crippen LogP contribution in [0.15, 0.2) is 24.3 Å². The summed E-state index contributed by atoms with van der Waals surface area (Å²) in [5, 5.41) is 29.3. The summed E-state index contributed by atoms with van der Waals surface area (Å²) in [4.78, 5) is 40.5. The molecular weight excluding hydrogens is 646 g/mol. The summed E-state index contributed by atoms with van der Waals surface area (Å²) >= 11 is 0. The first kappa shape index (κ1) is 35.7. The number of likely N-dealkylation sites (N-methyl/N-ethyl adjacent to an activating group) is 1. The van der Waals surface area contributed by atoms with Gasteiger partial charge in [0.15, 0.2) is 0 Å². The van der Waals surface area contributed by atoms with Gasteiger partial charge in [-0.2, -0.15) is 0 Å². The van der Waals surface area contributed by atoms with E-state index < -0.39 is 57.9 Å². The summed E-state index contributed by atoms with van der Waals surface area (Å²) in [7, 11) is 6.69. The number of hydrogen-bond donors (Lipinski definition) is 4. The van der Waals surface area contributed by atoms with Crippen LogP contribution < -0.4 is 11.1 Å². The standard InChI is InChI=1S/C37H53N3O10/c1-7-40-17-34(18-50-32(43)20-10-8-9-11-23(20)39-26(41)14-19(2)31(38)42)13-12-25(47-4)36-22-15-21-24(46-3)16-35(44,27(22)28(21)48-5)37(45,33(36)40)30(49-6)29(34)36/h8-11,19,21-22,24-25,27-30,33,44-45H,7,12-18H2,1-6H3,(H2,38,42)(H,39,41)/t19?,21?,22?,24-,25?,27?,28?,29?,30?,33?,34-,35+,36?,37-/m0/s1. The Labute approximate surface area is 293 Å². The number of anilines is 1. The van der Waals surface area contributed by atoms with Crippen molar-refractivity contribution in [3.63, 3.8) is 0 Å². The van der Waals surface area contributed by atoms with Gasteiger partial charge in [-0.25, -0.2) is 4.79 Å². The van der Waals surface area contributed by atoms with Crippen molar-refractivity contribution in [1.82, 2.24) is 4.90 Å². The highest BCUT2D eigenvalue weighted by Crippen LogP contribution is 2.80. The van der Waals surface area contributed by atoms with Crippen molar-refractivity contribution in [2.45, 2.75) is 87.6 Å². The number of ether oxygens (including phenoxy) is 5. The van der Waals surface area contributed by atoms with Crippen molar-refractivity contribution in [2.75, 3.05) is 53.5 Å². The van der Waals surface area contributed by atoms with Crippen LogP contribution in [0.2, 0.25) is 0 Å². The highest BCUT2D eigenvalue weighted by Gasteiger charge is 2.91. The number of hydrogen-bond acceptors (Lipinski definition) is 11. The van der Waals surface area contributed by atoms with Crippen molar-refractivity contribution in [1.29, 1.82) is 0 Å². The number of carbonyl (C=O) groups is 3. The number of rotatable bonds is 12. The topological polar surface area (TPSA) is 179 Å². The molecule has 1 heterocycles. The SMILES string of the molecule is CCN1C[C@]2(COC(=O)c3ccccc3NC(=O)CC(C)C(N)=O)CCC(OC)C34C5CC6C(OC)C5[C@](O)(C[C@@H]6OC)[C@](O)(C(OC)C32)C14. The lowest BCUT2D eigenvalue weighted by molar-refractivity contribution is -0.320. The molecular formula is C37H53N3O10. The average Bonchev–Trinajstić information content (AvgIpc) is 3.52. The number of benzene rings is 1. The fraction of sp³-hybridized carbons (Fsp3) is 0.757. The fourth-order valence-electron chi connectivity index (χ4n) is 12.6. The molecule has 1 aliphatic heterocycles. The van der Waals surface area contributed by atoms with Gasteiger partial charge in [0.2, 0.25) is 11.8 Å². The number of nitrogens with one attached hydrogen (secondary N) is 1. The van der Waals surface area contributed by atoms with Crippen LogP contribution in [0.3, 0.4) is 0 Å². The molecule has 5 aliphatic carbocycles. The van der Waals surface area contributed by atoms with Crippen LogP contribution >= 0.6 is 0 Å². The van der Waals surface area contributed by atoms with Crippen LogP contribution in [0, 0.1) is 40.4 Å². The molecule has 0 aromatic heterocycles. The molecule has 1 saturated heterocycles. The van der Waals surface area contributed by atoms with Crippen LogP contribution in [0.4, 0.5) is 5.69 Å². The molecule has 10 unspecified atom stereocenters.